The van der Waals surface area contributed by atoms with Gasteiger partial charge >= 0.3 is 0 Å². The molecule has 0 aliphatic rings. The van der Waals surface area contributed by atoms with Crippen molar-refractivity contribution < 1.29 is 4.74 Å². The lowest BCUT2D eigenvalue weighted by Crippen LogP contribution is -2.38. The maximum absolute atomic E-state index is 5.44. The normalized spacial score (nSPS) is 11.4. The molecule has 5 nitrogen and oxygen atoms in total. The molecule has 6 heteroatoms. The van der Waals surface area contributed by atoms with Gasteiger partial charge < -0.3 is 15.4 Å². The van der Waals surface area contributed by atoms with E-state index in [1.54, 1.807) is 18.4 Å². The number of hydrogen-bond donors (Lipinski definition) is 2. The largest absolute Gasteiger partial charge is 0.496 e. The summed E-state index contributed by atoms with van der Waals surface area (Å²) in [5, 5.41) is 7.73. The number of nitrogens with one attached hydrogen (secondary N) is 2. The molecule has 0 fully saturated rings. The topological polar surface area (TPSA) is 58.5 Å². The van der Waals surface area contributed by atoms with Crippen molar-refractivity contribution in [3.63, 3.8) is 0 Å². The van der Waals surface area contributed by atoms with Crippen LogP contribution < -0.4 is 15.4 Å². The summed E-state index contributed by atoms with van der Waals surface area (Å²) in [6.07, 6.45) is 3.85. The molecule has 2 N–H and O–H groups in total. The number of rotatable bonds is 8. The minimum Gasteiger partial charge on any atom is -0.496 e. The third kappa shape index (κ3) is 6.05. The molecule has 0 aliphatic heterocycles. The van der Waals surface area contributed by atoms with E-state index in [1.165, 1.54) is 16.0 Å². The number of nitrogens with zero attached hydrogens (tertiary/aromatic N) is 2. The molecule has 1 aromatic carbocycles. The number of benzene rings is 1. The van der Waals surface area contributed by atoms with Crippen LogP contribution in [-0.4, -0.2) is 31.1 Å². The highest BCUT2D eigenvalue weighted by Crippen LogP contribution is 2.19. The van der Waals surface area contributed by atoms with E-state index in [0.29, 0.717) is 6.54 Å². The van der Waals surface area contributed by atoms with Gasteiger partial charge in [0.2, 0.25) is 0 Å². The smallest absolute Gasteiger partial charge is 0.191 e. The van der Waals surface area contributed by atoms with Crippen LogP contribution in [0.25, 0.3) is 0 Å². The first-order chi connectivity index (χ1) is 12.2. The molecule has 136 valence electrons. The molecule has 0 unspecified atom stereocenters. The Bertz CT molecular complexity index is 696. The van der Waals surface area contributed by atoms with Gasteiger partial charge in [-0.3, -0.25) is 0 Å². The van der Waals surface area contributed by atoms with Gasteiger partial charge in [0.05, 0.1) is 13.7 Å². The molecule has 0 bridgehead atoms. The molecule has 0 saturated carbocycles. The van der Waals surface area contributed by atoms with Crippen molar-refractivity contribution in [2.45, 2.75) is 40.2 Å². The van der Waals surface area contributed by atoms with Crippen LogP contribution in [0.3, 0.4) is 0 Å². The molecule has 1 aromatic heterocycles. The SMILES string of the molecule is CCNC(=NCc1ncc(CC)s1)NCCc1cc(C)ccc1OC. The molecule has 0 saturated heterocycles. The molecule has 0 atom stereocenters. The molecule has 0 aliphatic carbocycles. The van der Waals surface area contributed by atoms with E-state index in [4.69, 9.17) is 4.74 Å². The summed E-state index contributed by atoms with van der Waals surface area (Å²) in [5.41, 5.74) is 2.45. The summed E-state index contributed by atoms with van der Waals surface area (Å²) < 4.78 is 5.44. The van der Waals surface area contributed by atoms with E-state index >= 15 is 0 Å². The van der Waals surface area contributed by atoms with Gasteiger partial charge in [0.15, 0.2) is 5.96 Å². The Labute approximate surface area is 154 Å². The Morgan fingerprint density at radius 2 is 2.12 bits per heavy atom. The summed E-state index contributed by atoms with van der Waals surface area (Å²) in [6.45, 7) is 8.54. The lowest BCUT2D eigenvalue weighted by Gasteiger charge is -2.13. The first kappa shape index (κ1) is 19.2. The number of aromatic nitrogens is 1. The van der Waals surface area contributed by atoms with Crippen molar-refractivity contribution in [1.29, 1.82) is 0 Å². The second-order valence-corrected chi connectivity index (χ2v) is 6.96. The van der Waals surface area contributed by atoms with Gasteiger partial charge in [0, 0.05) is 24.2 Å². The van der Waals surface area contributed by atoms with Gasteiger partial charge in [-0.05, 0) is 38.3 Å². The average Bonchev–Trinajstić information content (AvgIpc) is 3.08. The lowest BCUT2D eigenvalue weighted by molar-refractivity contribution is 0.409. The second-order valence-electron chi connectivity index (χ2n) is 5.76. The van der Waals surface area contributed by atoms with E-state index in [1.807, 2.05) is 12.3 Å². The Morgan fingerprint density at radius 3 is 2.80 bits per heavy atom. The molecule has 0 spiro atoms. The predicted octanol–water partition coefficient (Wildman–Crippen LogP) is 3.32. The number of thiazole rings is 1. The van der Waals surface area contributed by atoms with Crippen molar-refractivity contribution in [1.82, 2.24) is 15.6 Å². The average molecular weight is 361 g/mol. The van der Waals surface area contributed by atoms with E-state index in [2.05, 4.69) is 53.5 Å². The molecule has 2 rings (SSSR count). The fourth-order valence-electron chi connectivity index (χ4n) is 2.49. The van der Waals surface area contributed by atoms with Crippen LogP contribution in [0.15, 0.2) is 29.4 Å². The van der Waals surface area contributed by atoms with Gasteiger partial charge in [-0.1, -0.05) is 24.6 Å². The molecule has 1 heterocycles. The zero-order valence-electron chi connectivity index (χ0n) is 15.6. The van der Waals surface area contributed by atoms with Crippen molar-refractivity contribution in [2.24, 2.45) is 4.99 Å². The van der Waals surface area contributed by atoms with E-state index in [-0.39, 0.29) is 0 Å². The summed E-state index contributed by atoms with van der Waals surface area (Å²) in [7, 11) is 1.71. The van der Waals surface area contributed by atoms with E-state index < -0.39 is 0 Å². The number of guanidine groups is 1. The van der Waals surface area contributed by atoms with Crippen LogP contribution >= 0.6 is 11.3 Å². The Morgan fingerprint density at radius 1 is 1.28 bits per heavy atom. The first-order valence-corrected chi connectivity index (χ1v) is 9.57. The highest BCUT2D eigenvalue weighted by molar-refractivity contribution is 7.11. The van der Waals surface area contributed by atoms with E-state index in [0.717, 1.165) is 42.6 Å². The monoisotopic (exact) mass is 360 g/mol. The quantitative estimate of drug-likeness (QED) is 0.560. The van der Waals surface area contributed by atoms with Crippen LogP contribution in [0.4, 0.5) is 0 Å². The van der Waals surface area contributed by atoms with Gasteiger partial charge in [0.1, 0.15) is 10.8 Å². The highest BCUT2D eigenvalue weighted by Gasteiger charge is 2.05. The Balaban J connectivity index is 1.92. The maximum atomic E-state index is 5.44. The predicted molar refractivity (Wildman–Crippen MR) is 106 cm³/mol. The van der Waals surface area contributed by atoms with Crippen LogP contribution in [0.5, 0.6) is 5.75 Å². The number of aliphatic imine (C=N–C) groups is 1. The molecule has 0 amide bonds. The maximum Gasteiger partial charge on any atom is 0.191 e. The lowest BCUT2D eigenvalue weighted by atomic mass is 10.1. The Hall–Kier alpha value is -2.08. The summed E-state index contributed by atoms with van der Waals surface area (Å²) in [4.78, 5) is 10.4. The van der Waals surface area contributed by atoms with Crippen LogP contribution in [-0.2, 0) is 19.4 Å². The zero-order valence-corrected chi connectivity index (χ0v) is 16.4. The summed E-state index contributed by atoms with van der Waals surface area (Å²) in [6, 6.07) is 6.27. The van der Waals surface area contributed by atoms with E-state index in [9.17, 15) is 0 Å². The molecule has 2 aromatic rings. The zero-order chi connectivity index (χ0) is 18.1. The summed E-state index contributed by atoms with van der Waals surface area (Å²) in [5.74, 6) is 1.76. The second kappa shape index (κ2) is 10.0. The minimum absolute atomic E-state index is 0.605. The number of hydrogen-bond acceptors (Lipinski definition) is 4. The highest BCUT2D eigenvalue weighted by atomic mass is 32.1. The fourth-order valence-corrected chi connectivity index (χ4v) is 3.28. The van der Waals surface area contributed by atoms with Crippen molar-refractivity contribution >= 4 is 17.3 Å². The Kier molecular flexibility index (Phi) is 7.73. The first-order valence-electron chi connectivity index (χ1n) is 8.75. The minimum atomic E-state index is 0.605. The fraction of sp³-hybridized carbons (Fsp3) is 0.474. The van der Waals surface area contributed by atoms with Crippen LogP contribution in [0.2, 0.25) is 0 Å². The molecule has 25 heavy (non-hydrogen) atoms. The third-order valence-corrected chi connectivity index (χ3v) is 4.92. The van der Waals surface area contributed by atoms with Gasteiger partial charge in [-0.25, -0.2) is 9.98 Å². The van der Waals surface area contributed by atoms with Gasteiger partial charge in [-0.15, -0.1) is 11.3 Å². The number of aryl methyl sites for hydroxylation is 2. The van der Waals surface area contributed by atoms with Crippen LogP contribution in [0, 0.1) is 6.92 Å². The van der Waals surface area contributed by atoms with Crippen LogP contribution in [0.1, 0.15) is 34.9 Å². The summed E-state index contributed by atoms with van der Waals surface area (Å²) >= 11 is 1.73. The van der Waals surface area contributed by atoms with Gasteiger partial charge in [0.25, 0.3) is 0 Å². The molecular weight excluding hydrogens is 332 g/mol. The number of methoxy groups -OCH3 is 1. The standard InChI is InChI=1S/C19H28N4OS/c1-5-16-12-22-18(25-16)13-23-19(20-6-2)21-10-9-15-11-14(3)7-8-17(15)24-4/h7-8,11-12H,5-6,9-10,13H2,1-4H3,(H2,20,21,23). The van der Waals surface area contributed by atoms with Crippen molar-refractivity contribution in [3.05, 3.63) is 45.4 Å². The molecular formula is C19H28N4OS. The van der Waals surface area contributed by atoms with Crippen molar-refractivity contribution in [3.8, 4) is 5.75 Å². The number of ether oxygens (including phenoxy) is 1. The van der Waals surface area contributed by atoms with Crippen molar-refractivity contribution in [2.75, 3.05) is 20.2 Å². The van der Waals surface area contributed by atoms with Gasteiger partial charge in [-0.2, -0.15) is 0 Å². The molecule has 0 radical (unpaired) electrons. The third-order valence-electron chi connectivity index (χ3n) is 3.79.